The summed E-state index contributed by atoms with van der Waals surface area (Å²) in [4.78, 5) is 38.2. The second-order valence-electron chi connectivity index (χ2n) is 7.74. The van der Waals surface area contributed by atoms with Gasteiger partial charge in [0.25, 0.3) is 11.5 Å². The van der Waals surface area contributed by atoms with Crippen molar-refractivity contribution in [1.82, 2.24) is 15.0 Å². The first-order valence-electron chi connectivity index (χ1n) is 10.8. The van der Waals surface area contributed by atoms with Crippen molar-refractivity contribution in [3.8, 4) is 11.4 Å². The van der Waals surface area contributed by atoms with Gasteiger partial charge in [-0.05, 0) is 62.4 Å². The number of aromatic amines is 2. The zero-order chi connectivity index (χ0) is 22.9. The topological polar surface area (TPSA) is 93.9 Å². The first-order chi connectivity index (χ1) is 16.1. The average molecular weight is 458 g/mol. The Morgan fingerprint density at radius 3 is 2.55 bits per heavy atom. The fourth-order valence-corrected chi connectivity index (χ4v) is 4.65. The number of hydrogen-bond acceptors (Lipinski definition) is 5. The van der Waals surface area contributed by atoms with Crippen LogP contribution in [0, 0.1) is 0 Å². The molecule has 5 aromatic rings. The van der Waals surface area contributed by atoms with Crippen LogP contribution in [0.15, 0.2) is 64.1 Å². The molecule has 7 nitrogen and oxygen atoms in total. The number of benzene rings is 2. The summed E-state index contributed by atoms with van der Waals surface area (Å²) in [6.07, 6.45) is 0. The third-order valence-electron chi connectivity index (χ3n) is 5.73. The first-order valence-corrected chi connectivity index (χ1v) is 11.8. The standard InChI is InChI=1S/C25H23N5O2S/c1-3-30(4-2)18-8-6-17(7-9-18)26-24(31)15-5-10-19-16(11-15)12-20(27-19)23-25(32)29-22-14-33-13-21(22)28-23/h5-14,27H,3-4H2,1-2H3,(H,26,31)(H,29,32). The van der Waals surface area contributed by atoms with Gasteiger partial charge in [-0.15, -0.1) is 11.3 Å². The fourth-order valence-electron chi connectivity index (χ4n) is 3.95. The molecule has 0 bridgehead atoms. The highest BCUT2D eigenvalue weighted by atomic mass is 32.1. The van der Waals surface area contributed by atoms with Gasteiger partial charge in [-0.25, -0.2) is 4.98 Å². The fraction of sp³-hybridized carbons (Fsp3) is 0.160. The van der Waals surface area contributed by atoms with Crippen LogP contribution in [0.1, 0.15) is 24.2 Å². The van der Waals surface area contributed by atoms with E-state index in [0.29, 0.717) is 17.0 Å². The molecule has 0 unspecified atom stereocenters. The molecule has 166 valence electrons. The van der Waals surface area contributed by atoms with Gasteiger partial charge in [0, 0.05) is 51.7 Å². The zero-order valence-corrected chi connectivity index (χ0v) is 19.1. The molecule has 0 atom stereocenters. The lowest BCUT2D eigenvalue weighted by atomic mass is 10.1. The SMILES string of the molecule is CCN(CC)c1ccc(NC(=O)c2ccc3[nH]c(-c4nc5cscc5[nH]c4=O)cc3c2)cc1. The molecule has 33 heavy (non-hydrogen) atoms. The minimum Gasteiger partial charge on any atom is -0.372 e. The van der Waals surface area contributed by atoms with Crippen molar-refractivity contribution in [3.63, 3.8) is 0 Å². The van der Waals surface area contributed by atoms with Crippen LogP contribution in [0.5, 0.6) is 0 Å². The van der Waals surface area contributed by atoms with Crippen molar-refractivity contribution in [2.75, 3.05) is 23.3 Å². The zero-order valence-electron chi connectivity index (χ0n) is 18.3. The minimum absolute atomic E-state index is 0.189. The molecule has 0 saturated carbocycles. The van der Waals surface area contributed by atoms with Crippen LogP contribution in [0.2, 0.25) is 0 Å². The quantitative estimate of drug-likeness (QED) is 0.325. The van der Waals surface area contributed by atoms with E-state index in [1.54, 1.807) is 6.07 Å². The highest BCUT2D eigenvalue weighted by Crippen LogP contribution is 2.24. The van der Waals surface area contributed by atoms with E-state index in [9.17, 15) is 9.59 Å². The lowest BCUT2D eigenvalue weighted by Gasteiger charge is -2.21. The van der Waals surface area contributed by atoms with Crippen molar-refractivity contribution < 1.29 is 4.79 Å². The van der Waals surface area contributed by atoms with E-state index in [0.717, 1.165) is 46.4 Å². The van der Waals surface area contributed by atoms with E-state index in [4.69, 9.17) is 0 Å². The summed E-state index contributed by atoms with van der Waals surface area (Å²) in [5, 5.41) is 7.55. The molecule has 0 aliphatic rings. The van der Waals surface area contributed by atoms with E-state index in [-0.39, 0.29) is 11.5 Å². The summed E-state index contributed by atoms with van der Waals surface area (Å²) >= 11 is 1.49. The Morgan fingerprint density at radius 1 is 1.00 bits per heavy atom. The van der Waals surface area contributed by atoms with Crippen molar-refractivity contribution in [2.45, 2.75) is 13.8 Å². The molecule has 3 N–H and O–H groups in total. The van der Waals surface area contributed by atoms with Crippen LogP contribution in [0.3, 0.4) is 0 Å². The van der Waals surface area contributed by atoms with Gasteiger partial charge in [-0.3, -0.25) is 9.59 Å². The van der Waals surface area contributed by atoms with Crippen molar-refractivity contribution >= 4 is 50.6 Å². The molecular formula is C25H23N5O2S. The Bertz CT molecular complexity index is 1510. The predicted octanol–water partition coefficient (Wildman–Crippen LogP) is 5.23. The Hall–Kier alpha value is -3.91. The highest BCUT2D eigenvalue weighted by Gasteiger charge is 2.13. The maximum atomic E-state index is 12.8. The maximum absolute atomic E-state index is 12.8. The van der Waals surface area contributed by atoms with Gasteiger partial charge in [0.1, 0.15) is 0 Å². The minimum atomic E-state index is -0.251. The van der Waals surface area contributed by atoms with Crippen LogP contribution in [-0.4, -0.2) is 33.9 Å². The van der Waals surface area contributed by atoms with Gasteiger partial charge in [0.2, 0.25) is 0 Å². The molecular weight excluding hydrogens is 434 g/mol. The highest BCUT2D eigenvalue weighted by molar-refractivity contribution is 7.09. The second-order valence-corrected chi connectivity index (χ2v) is 8.49. The van der Waals surface area contributed by atoms with Crippen LogP contribution < -0.4 is 15.8 Å². The number of carbonyl (C=O) groups excluding carboxylic acids is 1. The van der Waals surface area contributed by atoms with E-state index >= 15 is 0 Å². The molecule has 0 fully saturated rings. The Labute approximate surface area is 194 Å². The van der Waals surface area contributed by atoms with Crippen molar-refractivity contribution in [1.29, 1.82) is 0 Å². The Kier molecular flexibility index (Phi) is 5.43. The molecule has 1 amide bonds. The first kappa shape index (κ1) is 21.0. The maximum Gasteiger partial charge on any atom is 0.276 e. The summed E-state index contributed by atoms with van der Waals surface area (Å²) in [7, 11) is 0. The number of thiophene rings is 1. The predicted molar refractivity (Wildman–Crippen MR) is 135 cm³/mol. The smallest absolute Gasteiger partial charge is 0.276 e. The number of amides is 1. The van der Waals surface area contributed by atoms with Crippen LogP contribution >= 0.6 is 11.3 Å². The third kappa shape index (κ3) is 4.01. The van der Waals surface area contributed by atoms with E-state index in [2.05, 4.69) is 39.0 Å². The van der Waals surface area contributed by atoms with Crippen LogP contribution in [0.25, 0.3) is 33.3 Å². The number of rotatable bonds is 6. The summed E-state index contributed by atoms with van der Waals surface area (Å²) in [5.41, 5.74) is 5.41. The molecule has 0 radical (unpaired) electrons. The van der Waals surface area contributed by atoms with Gasteiger partial charge < -0.3 is 20.2 Å². The summed E-state index contributed by atoms with van der Waals surface area (Å²) < 4.78 is 0. The normalized spacial score (nSPS) is 11.2. The molecule has 0 aliphatic heterocycles. The molecule has 0 aliphatic carbocycles. The van der Waals surface area contributed by atoms with Crippen LogP contribution in [-0.2, 0) is 0 Å². The largest absolute Gasteiger partial charge is 0.372 e. The number of fused-ring (bicyclic) bond motifs is 2. The number of nitrogens with one attached hydrogen (secondary N) is 3. The van der Waals surface area contributed by atoms with Crippen molar-refractivity contribution in [3.05, 3.63) is 75.2 Å². The average Bonchev–Trinajstić information content (AvgIpc) is 3.46. The van der Waals surface area contributed by atoms with E-state index < -0.39 is 0 Å². The van der Waals surface area contributed by atoms with Crippen LogP contribution in [0.4, 0.5) is 11.4 Å². The van der Waals surface area contributed by atoms with Crippen molar-refractivity contribution in [2.24, 2.45) is 0 Å². The second kappa shape index (κ2) is 8.55. The molecule has 3 aromatic heterocycles. The van der Waals surface area contributed by atoms with E-state index in [1.165, 1.54) is 11.3 Å². The number of hydrogen-bond donors (Lipinski definition) is 3. The Morgan fingerprint density at radius 2 is 1.79 bits per heavy atom. The third-order valence-corrected chi connectivity index (χ3v) is 6.46. The molecule has 0 saturated heterocycles. The van der Waals surface area contributed by atoms with Gasteiger partial charge >= 0.3 is 0 Å². The molecule has 8 heteroatoms. The number of H-pyrrole nitrogens is 2. The van der Waals surface area contributed by atoms with Gasteiger partial charge in [-0.2, -0.15) is 0 Å². The number of nitrogens with zero attached hydrogens (tertiary/aromatic N) is 2. The van der Waals surface area contributed by atoms with Gasteiger partial charge in [0.05, 0.1) is 16.7 Å². The molecule has 0 spiro atoms. The number of aromatic nitrogens is 3. The summed E-state index contributed by atoms with van der Waals surface area (Å²) in [6.45, 7) is 6.11. The Balaban J connectivity index is 1.39. The number of carbonyl (C=O) groups is 1. The summed E-state index contributed by atoms with van der Waals surface area (Å²) in [5.74, 6) is -0.189. The molecule has 3 heterocycles. The van der Waals surface area contributed by atoms with Gasteiger partial charge in [-0.1, -0.05) is 0 Å². The van der Waals surface area contributed by atoms with Gasteiger partial charge in [0.15, 0.2) is 5.69 Å². The summed E-state index contributed by atoms with van der Waals surface area (Å²) in [6, 6.07) is 15.1. The lowest BCUT2D eigenvalue weighted by molar-refractivity contribution is 0.102. The molecule has 5 rings (SSSR count). The monoisotopic (exact) mass is 457 g/mol. The molecule has 2 aromatic carbocycles. The van der Waals surface area contributed by atoms with E-state index in [1.807, 2.05) is 53.2 Å². The lowest BCUT2D eigenvalue weighted by Crippen LogP contribution is -2.21. The number of anilines is 2.